The number of carbonyl (C=O) groups excluding carboxylic acids is 1. The van der Waals surface area contributed by atoms with Crippen molar-refractivity contribution in [3.63, 3.8) is 0 Å². The molecule has 0 radical (unpaired) electrons. The lowest BCUT2D eigenvalue weighted by Crippen LogP contribution is -2.68. The van der Waals surface area contributed by atoms with Gasteiger partial charge in [0.1, 0.15) is 17.1 Å². The van der Waals surface area contributed by atoms with Gasteiger partial charge < -0.3 is 26.2 Å². The molecule has 2 aliphatic heterocycles. The highest BCUT2D eigenvalue weighted by atomic mass is 35.5. The molecule has 0 aliphatic carbocycles. The summed E-state index contributed by atoms with van der Waals surface area (Å²) in [5, 5.41) is 49.3. The molecular weight excluding hydrogens is 500 g/mol. The van der Waals surface area contributed by atoms with Crippen LogP contribution in [0.2, 0.25) is 5.02 Å². The number of aromatic nitrogens is 4. The minimum atomic E-state index is -1.25. The minimum Gasteiger partial charge on any atom is -0.504 e. The van der Waals surface area contributed by atoms with Crippen LogP contribution in [0.5, 0.6) is 11.5 Å². The topological polar surface area (TPSA) is 205 Å². The average Bonchev–Trinajstić information content (AvgIpc) is 3.24. The first kappa shape index (κ1) is 23.2. The van der Waals surface area contributed by atoms with Gasteiger partial charge in [0.2, 0.25) is 11.1 Å². The van der Waals surface area contributed by atoms with E-state index in [1.165, 1.54) is 16.7 Å². The average molecular weight is 515 g/mol. The fourth-order valence-corrected chi connectivity index (χ4v) is 6.00. The van der Waals surface area contributed by atoms with Gasteiger partial charge in [-0.3, -0.25) is 14.5 Å². The predicted octanol–water partition coefficient (Wildman–Crippen LogP) is 0.0272. The normalized spacial score (nSPS) is 19.9. The summed E-state index contributed by atoms with van der Waals surface area (Å²) in [5.41, 5.74) is 6.07. The van der Waals surface area contributed by atoms with E-state index in [0.29, 0.717) is 11.3 Å². The van der Waals surface area contributed by atoms with Crippen LogP contribution in [-0.4, -0.2) is 86.3 Å². The number of hydrogen-bond acceptors (Lipinski definition) is 11. The first-order valence-electron chi connectivity index (χ1n) is 9.14. The molecule has 1 aromatic carbocycles. The third-order valence-corrected chi connectivity index (χ3v) is 7.74. The molecule has 16 heteroatoms. The Kier molecular flexibility index (Phi) is 6.13. The molecule has 1 aromatic heterocycles. The Bertz CT molecular complexity index is 1220. The molecule has 0 bridgehead atoms. The van der Waals surface area contributed by atoms with Gasteiger partial charge in [0.15, 0.2) is 11.5 Å². The number of thioether (sulfide) groups is 2. The summed E-state index contributed by atoms with van der Waals surface area (Å²) in [6.07, 6.45) is -0.588. The van der Waals surface area contributed by atoms with Crippen LogP contribution in [0.3, 0.4) is 0 Å². The zero-order valence-corrected chi connectivity index (χ0v) is 18.8. The van der Waals surface area contributed by atoms with Crippen LogP contribution in [0.1, 0.15) is 5.56 Å². The Morgan fingerprint density at radius 3 is 2.73 bits per heavy atom. The zero-order chi connectivity index (χ0) is 24.0. The molecule has 174 valence electrons. The van der Waals surface area contributed by atoms with Crippen molar-refractivity contribution in [2.75, 3.05) is 11.5 Å². The van der Waals surface area contributed by atoms with Crippen LogP contribution in [0.15, 0.2) is 22.5 Å². The smallest absolute Gasteiger partial charge is 0.352 e. The molecular formula is C17H15ClN6O7S2. The molecule has 4 rings (SSSR count). The minimum absolute atomic E-state index is 0.0274. The first-order valence-corrected chi connectivity index (χ1v) is 11.5. The van der Waals surface area contributed by atoms with Crippen molar-refractivity contribution >= 4 is 53.0 Å². The van der Waals surface area contributed by atoms with E-state index in [1.54, 1.807) is 0 Å². The number of carbonyl (C=O) groups is 3. The number of β-lactam (4-membered cyclic amide) rings is 1. The molecule has 2 aromatic rings. The molecule has 6 N–H and O–H groups in total. The molecule has 1 unspecified atom stereocenters. The number of tetrazole rings is 1. The molecule has 0 saturated carbocycles. The molecule has 33 heavy (non-hydrogen) atoms. The fourth-order valence-electron chi connectivity index (χ4n) is 3.42. The van der Waals surface area contributed by atoms with Crippen molar-refractivity contribution in [2.45, 2.75) is 23.0 Å². The predicted molar refractivity (Wildman–Crippen MR) is 115 cm³/mol. The van der Waals surface area contributed by atoms with Crippen molar-refractivity contribution in [3.8, 4) is 17.2 Å². The number of nitrogens with zero attached hydrogens (tertiary/aromatic N) is 5. The Balaban J connectivity index is 1.67. The van der Waals surface area contributed by atoms with E-state index in [4.69, 9.17) is 17.3 Å². The van der Waals surface area contributed by atoms with E-state index in [0.717, 1.165) is 22.5 Å². The number of aliphatic carboxylic acids is 2. The van der Waals surface area contributed by atoms with Crippen molar-refractivity contribution < 1.29 is 34.8 Å². The molecule has 2 aliphatic rings. The fraction of sp³-hybridized carbons (Fsp3) is 0.294. The van der Waals surface area contributed by atoms with Gasteiger partial charge >= 0.3 is 11.9 Å². The van der Waals surface area contributed by atoms with Crippen LogP contribution in [0.25, 0.3) is 5.69 Å². The highest BCUT2D eigenvalue weighted by molar-refractivity contribution is 8.01. The number of hydrogen-bond donors (Lipinski definition) is 5. The molecule has 0 spiro atoms. The number of phenolic OH excluding ortho intramolecular Hbond substituents is 2. The second-order valence-electron chi connectivity index (χ2n) is 6.98. The monoisotopic (exact) mass is 514 g/mol. The number of halogens is 1. The largest absolute Gasteiger partial charge is 0.504 e. The second-order valence-corrected chi connectivity index (χ2v) is 9.41. The highest BCUT2D eigenvalue weighted by Crippen LogP contribution is 2.42. The Morgan fingerprint density at radius 2 is 2.06 bits per heavy atom. The number of fused-ring (bicyclic) bond motifs is 1. The lowest BCUT2D eigenvalue weighted by Gasteiger charge is -2.48. The summed E-state index contributed by atoms with van der Waals surface area (Å²) in [6.45, 7) is 0. The van der Waals surface area contributed by atoms with Gasteiger partial charge in [-0.05, 0) is 16.0 Å². The van der Waals surface area contributed by atoms with Gasteiger partial charge in [-0.1, -0.05) is 23.4 Å². The number of phenols is 2. The molecule has 3 heterocycles. The Labute approximate surface area is 198 Å². The quantitative estimate of drug-likeness (QED) is 0.188. The number of amides is 1. The number of carboxylic acid groups (broad SMARTS) is 2. The summed E-state index contributed by atoms with van der Waals surface area (Å²) < 4.78 is 1.12. The van der Waals surface area contributed by atoms with E-state index in [9.17, 15) is 34.8 Å². The van der Waals surface area contributed by atoms with Crippen LogP contribution >= 0.6 is 35.1 Å². The van der Waals surface area contributed by atoms with E-state index in [2.05, 4.69) is 15.5 Å². The summed E-state index contributed by atoms with van der Waals surface area (Å²) >= 11 is 8.43. The molecule has 1 fully saturated rings. The third-order valence-electron chi connectivity index (χ3n) is 4.96. The number of benzene rings is 1. The van der Waals surface area contributed by atoms with Gasteiger partial charge in [-0.25, -0.2) is 4.79 Å². The van der Waals surface area contributed by atoms with E-state index in [-0.39, 0.29) is 32.9 Å². The van der Waals surface area contributed by atoms with Gasteiger partial charge in [0, 0.05) is 23.1 Å². The number of rotatable bonds is 7. The molecule has 1 amide bonds. The van der Waals surface area contributed by atoms with Crippen molar-refractivity contribution in [1.29, 1.82) is 0 Å². The van der Waals surface area contributed by atoms with Crippen LogP contribution in [-0.2, 0) is 20.8 Å². The van der Waals surface area contributed by atoms with Crippen LogP contribution in [0, 0.1) is 0 Å². The van der Waals surface area contributed by atoms with E-state index < -0.39 is 47.2 Å². The summed E-state index contributed by atoms with van der Waals surface area (Å²) in [6, 6.07) is 0.327. The van der Waals surface area contributed by atoms with Crippen molar-refractivity contribution in [1.82, 2.24) is 25.1 Å². The van der Waals surface area contributed by atoms with Gasteiger partial charge in [-0.15, -0.1) is 16.9 Å². The second kappa shape index (κ2) is 8.74. The molecule has 1 saturated heterocycles. The van der Waals surface area contributed by atoms with E-state index in [1.807, 2.05) is 0 Å². The lowest BCUT2D eigenvalue weighted by molar-refractivity contribution is -0.147. The standard InChI is InChI=1S/C17H15ClN6O7S2/c18-10-6(1-9(26)27)7(2-8(25)13(10)28)24-17(20-21-22-24)33-4-5-3-32-15-11(19)14(29)23(15)12(5)16(30)31/h2,11,15,25,28H,1,3-4,19H2,(H,26,27)(H,30,31)/t11?,15-/m1/s1. The maximum Gasteiger partial charge on any atom is 0.352 e. The Hall–Kier alpha value is -3.01. The Morgan fingerprint density at radius 1 is 1.33 bits per heavy atom. The van der Waals surface area contributed by atoms with Crippen LogP contribution < -0.4 is 5.73 Å². The lowest BCUT2D eigenvalue weighted by atomic mass is 10.0. The number of aromatic hydroxyl groups is 2. The molecule has 2 atom stereocenters. The third kappa shape index (κ3) is 3.96. The first-order chi connectivity index (χ1) is 15.6. The summed E-state index contributed by atoms with van der Waals surface area (Å²) in [7, 11) is 0. The van der Waals surface area contributed by atoms with Crippen molar-refractivity contribution in [2.24, 2.45) is 5.73 Å². The number of carboxylic acids is 2. The van der Waals surface area contributed by atoms with Gasteiger partial charge in [0.05, 0.1) is 17.1 Å². The SMILES string of the molecule is NC1C(=O)N2C(C(=O)O)=C(CSc3nnnn3-c3cc(O)c(O)c(Cl)c3CC(=O)O)CS[C@H]12. The highest BCUT2D eigenvalue weighted by Gasteiger charge is 2.51. The summed E-state index contributed by atoms with van der Waals surface area (Å²) in [5.74, 6) is -3.82. The van der Waals surface area contributed by atoms with Crippen LogP contribution in [0.4, 0.5) is 0 Å². The summed E-state index contributed by atoms with van der Waals surface area (Å²) in [4.78, 5) is 36.4. The maximum absolute atomic E-state index is 12.1. The van der Waals surface area contributed by atoms with E-state index >= 15 is 0 Å². The van der Waals surface area contributed by atoms with Gasteiger partial charge in [-0.2, -0.15) is 4.68 Å². The number of nitrogens with two attached hydrogens (primary N) is 1. The zero-order valence-electron chi connectivity index (χ0n) is 16.4. The molecule has 13 nitrogen and oxygen atoms in total. The van der Waals surface area contributed by atoms with Crippen molar-refractivity contribution in [3.05, 3.63) is 27.9 Å². The van der Waals surface area contributed by atoms with Gasteiger partial charge in [0.25, 0.3) is 0 Å². The maximum atomic E-state index is 12.1.